The number of nitrogens with zero attached hydrogens (tertiary/aromatic N) is 5. The Kier molecular flexibility index (Phi) is 4.78. The van der Waals surface area contributed by atoms with Crippen LogP contribution in [0.25, 0.3) is 22.2 Å². The van der Waals surface area contributed by atoms with Crippen molar-refractivity contribution in [3.8, 4) is 5.69 Å². The van der Waals surface area contributed by atoms with Crippen LogP contribution in [0.4, 0.5) is 11.6 Å². The topological polar surface area (TPSA) is 60.0 Å². The fraction of sp³-hybridized carbons (Fsp3) is 0.296. The number of anilines is 2. The van der Waals surface area contributed by atoms with Crippen LogP contribution in [0.5, 0.6) is 0 Å². The van der Waals surface area contributed by atoms with Gasteiger partial charge in [-0.15, -0.1) is 0 Å². The highest BCUT2D eigenvalue weighted by Crippen LogP contribution is 2.32. The van der Waals surface area contributed by atoms with Gasteiger partial charge in [-0.1, -0.05) is 71.9 Å². The number of aromatic nitrogens is 5. The van der Waals surface area contributed by atoms with E-state index in [-0.39, 0.29) is 10.8 Å². The van der Waals surface area contributed by atoms with Gasteiger partial charge < -0.3 is 5.32 Å². The molecular weight excluding hydrogens is 408 g/mol. The highest BCUT2D eigenvalue weighted by molar-refractivity contribution is 5.92. The molecule has 0 spiro atoms. The minimum atomic E-state index is -0.0804. The molecule has 0 aliphatic rings. The second kappa shape index (κ2) is 7.44. The summed E-state index contributed by atoms with van der Waals surface area (Å²) in [5.74, 6) is 1.67. The van der Waals surface area contributed by atoms with E-state index in [1.165, 1.54) is 0 Å². The van der Waals surface area contributed by atoms with Crippen molar-refractivity contribution in [1.82, 2.24) is 24.4 Å². The average molecular weight is 439 g/mol. The summed E-state index contributed by atoms with van der Waals surface area (Å²) in [6.07, 6.45) is 0. The Hall–Kier alpha value is -3.67. The molecular formula is C27H30N6. The summed E-state index contributed by atoms with van der Waals surface area (Å²) >= 11 is 0. The molecule has 2 aromatic carbocycles. The van der Waals surface area contributed by atoms with E-state index in [1.807, 2.05) is 39.5 Å². The maximum atomic E-state index is 4.99. The number of nitrogens with one attached hydrogen (secondary N) is 1. The Labute approximate surface area is 194 Å². The minimum absolute atomic E-state index is 0.0596. The maximum absolute atomic E-state index is 4.99. The standard InChI is InChI=1S/C27H30N6/c1-26(2,3)21-16-23(32(30-21)18-12-8-7-9-13-18)28-25-19-14-10-11-15-20(19)33-24(29-25)17-22(31-33)27(4,5)6/h7-17H,1-6H3,(H,28,29). The highest BCUT2D eigenvalue weighted by Gasteiger charge is 2.23. The Morgan fingerprint density at radius 1 is 0.727 bits per heavy atom. The van der Waals surface area contributed by atoms with E-state index in [0.717, 1.165) is 45.3 Å². The second-order valence-corrected chi connectivity index (χ2v) is 10.6. The third-order valence-corrected chi connectivity index (χ3v) is 5.80. The van der Waals surface area contributed by atoms with Gasteiger partial charge in [0.15, 0.2) is 5.65 Å². The average Bonchev–Trinajstić information content (AvgIpc) is 3.39. The van der Waals surface area contributed by atoms with Crippen molar-refractivity contribution in [2.24, 2.45) is 0 Å². The lowest BCUT2D eigenvalue weighted by atomic mass is 9.92. The van der Waals surface area contributed by atoms with Gasteiger partial charge in [-0.05, 0) is 24.3 Å². The van der Waals surface area contributed by atoms with Gasteiger partial charge in [-0.25, -0.2) is 14.2 Å². The molecule has 0 radical (unpaired) electrons. The Balaban J connectivity index is 1.70. The predicted octanol–water partition coefficient (Wildman–Crippen LogP) is 6.41. The van der Waals surface area contributed by atoms with Gasteiger partial charge in [0, 0.05) is 28.3 Å². The number of para-hydroxylation sites is 2. The van der Waals surface area contributed by atoms with Crippen molar-refractivity contribution < 1.29 is 0 Å². The molecule has 3 aromatic heterocycles. The van der Waals surface area contributed by atoms with E-state index in [2.05, 4.69) is 83.3 Å². The number of hydrogen-bond acceptors (Lipinski definition) is 4. The molecule has 0 saturated carbocycles. The molecule has 3 heterocycles. The molecule has 6 heteroatoms. The van der Waals surface area contributed by atoms with Crippen molar-refractivity contribution in [3.05, 3.63) is 78.1 Å². The van der Waals surface area contributed by atoms with Crippen LogP contribution in [0.3, 0.4) is 0 Å². The molecule has 168 valence electrons. The van der Waals surface area contributed by atoms with Crippen LogP contribution in [0, 0.1) is 0 Å². The molecule has 0 fully saturated rings. The summed E-state index contributed by atoms with van der Waals surface area (Å²) in [5.41, 5.74) is 4.73. The molecule has 5 aromatic rings. The molecule has 0 aliphatic heterocycles. The Bertz CT molecular complexity index is 1450. The van der Waals surface area contributed by atoms with Crippen molar-refractivity contribution in [2.75, 3.05) is 5.32 Å². The van der Waals surface area contributed by atoms with Gasteiger partial charge in [0.1, 0.15) is 11.6 Å². The molecule has 6 nitrogen and oxygen atoms in total. The zero-order valence-electron chi connectivity index (χ0n) is 20.1. The van der Waals surface area contributed by atoms with Crippen molar-refractivity contribution in [1.29, 1.82) is 0 Å². The summed E-state index contributed by atoms with van der Waals surface area (Å²) in [5, 5.41) is 14.4. The number of fused-ring (bicyclic) bond motifs is 3. The van der Waals surface area contributed by atoms with Gasteiger partial charge in [-0.2, -0.15) is 10.2 Å². The zero-order chi connectivity index (χ0) is 23.4. The first-order valence-corrected chi connectivity index (χ1v) is 11.3. The van der Waals surface area contributed by atoms with Gasteiger partial charge in [0.25, 0.3) is 0 Å². The lowest BCUT2D eigenvalue weighted by Gasteiger charge is -2.14. The summed E-state index contributed by atoms with van der Waals surface area (Å²) in [4.78, 5) is 4.99. The maximum Gasteiger partial charge on any atom is 0.158 e. The van der Waals surface area contributed by atoms with Gasteiger partial charge in [0.05, 0.1) is 22.6 Å². The Morgan fingerprint density at radius 3 is 2.06 bits per heavy atom. The smallest absolute Gasteiger partial charge is 0.158 e. The number of benzene rings is 2. The lowest BCUT2D eigenvalue weighted by Crippen LogP contribution is -2.12. The monoisotopic (exact) mass is 438 g/mol. The highest BCUT2D eigenvalue weighted by atomic mass is 15.3. The molecule has 0 unspecified atom stereocenters. The number of hydrogen-bond donors (Lipinski definition) is 1. The first kappa shape index (κ1) is 21.2. The number of rotatable bonds is 3. The molecule has 33 heavy (non-hydrogen) atoms. The van der Waals surface area contributed by atoms with Crippen LogP contribution in [-0.2, 0) is 10.8 Å². The fourth-order valence-corrected chi connectivity index (χ4v) is 3.85. The summed E-state index contributed by atoms with van der Waals surface area (Å²) < 4.78 is 3.90. The van der Waals surface area contributed by atoms with Crippen LogP contribution in [0.1, 0.15) is 52.9 Å². The third-order valence-electron chi connectivity index (χ3n) is 5.80. The van der Waals surface area contributed by atoms with Crippen LogP contribution in [0.2, 0.25) is 0 Å². The molecule has 0 saturated heterocycles. The lowest BCUT2D eigenvalue weighted by molar-refractivity contribution is 0.560. The SMILES string of the molecule is CC(C)(C)c1cc(Nc2nc3cc(C(C)(C)C)nn3c3ccccc23)n(-c2ccccc2)n1. The van der Waals surface area contributed by atoms with E-state index >= 15 is 0 Å². The van der Waals surface area contributed by atoms with Crippen LogP contribution >= 0.6 is 0 Å². The molecule has 5 rings (SSSR count). The second-order valence-electron chi connectivity index (χ2n) is 10.6. The first-order valence-electron chi connectivity index (χ1n) is 11.3. The zero-order valence-corrected chi connectivity index (χ0v) is 20.1. The predicted molar refractivity (Wildman–Crippen MR) is 135 cm³/mol. The summed E-state index contributed by atoms with van der Waals surface area (Å²) in [6.45, 7) is 13.0. The molecule has 1 N–H and O–H groups in total. The summed E-state index contributed by atoms with van der Waals surface area (Å²) in [6, 6.07) is 22.6. The van der Waals surface area contributed by atoms with E-state index in [1.54, 1.807) is 0 Å². The van der Waals surface area contributed by atoms with Crippen molar-refractivity contribution in [3.63, 3.8) is 0 Å². The Morgan fingerprint density at radius 2 is 1.36 bits per heavy atom. The normalized spacial score (nSPS) is 12.5. The van der Waals surface area contributed by atoms with Gasteiger partial charge >= 0.3 is 0 Å². The minimum Gasteiger partial charge on any atom is -0.324 e. The fourth-order valence-electron chi connectivity index (χ4n) is 3.85. The van der Waals surface area contributed by atoms with E-state index in [9.17, 15) is 0 Å². The molecule has 0 bridgehead atoms. The molecule has 0 aliphatic carbocycles. The van der Waals surface area contributed by atoms with E-state index in [4.69, 9.17) is 15.2 Å². The van der Waals surface area contributed by atoms with Crippen LogP contribution in [-0.4, -0.2) is 24.4 Å². The first-order chi connectivity index (χ1) is 15.6. The quantitative estimate of drug-likeness (QED) is 0.354. The van der Waals surface area contributed by atoms with Crippen LogP contribution in [0.15, 0.2) is 66.7 Å². The summed E-state index contributed by atoms with van der Waals surface area (Å²) in [7, 11) is 0. The van der Waals surface area contributed by atoms with Gasteiger partial charge in [-0.3, -0.25) is 0 Å². The third kappa shape index (κ3) is 3.86. The van der Waals surface area contributed by atoms with E-state index < -0.39 is 0 Å². The molecule has 0 atom stereocenters. The molecule has 0 amide bonds. The van der Waals surface area contributed by atoms with Crippen LogP contribution < -0.4 is 5.32 Å². The van der Waals surface area contributed by atoms with E-state index in [0.29, 0.717) is 0 Å². The van der Waals surface area contributed by atoms with Crippen molar-refractivity contribution >= 4 is 28.2 Å². The largest absolute Gasteiger partial charge is 0.324 e. The van der Waals surface area contributed by atoms with Gasteiger partial charge in [0.2, 0.25) is 0 Å². The van der Waals surface area contributed by atoms with Crippen molar-refractivity contribution in [2.45, 2.75) is 52.4 Å².